The van der Waals surface area contributed by atoms with E-state index in [9.17, 15) is 18.0 Å². The minimum absolute atomic E-state index is 0.127. The Balaban J connectivity index is 1.29. The third kappa shape index (κ3) is 5.97. The molecule has 184 valence electrons. The van der Waals surface area contributed by atoms with Gasteiger partial charge in [0.2, 0.25) is 10.0 Å². The monoisotopic (exact) mass is 498 g/mol. The summed E-state index contributed by atoms with van der Waals surface area (Å²) in [4.78, 5) is 24.8. The summed E-state index contributed by atoms with van der Waals surface area (Å²) in [5.41, 5.74) is 0.380. The SMILES string of the molecule is CC(OC(=O)COc1cccc2ccccc12)C(=O)Nc1ccc(S(=O)(=O)N2CCOCC2)cc1. The van der Waals surface area contributed by atoms with Crippen molar-refractivity contribution >= 4 is 38.4 Å². The van der Waals surface area contributed by atoms with Gasteiger partial charge in [0.25, 0.3) is 5.91 Å². The van der Waals surface area contributed by atoms with Crippen LogP contribution in [0.15, 0.2) is 71.6 Å². The highest BCUT2D eigenvalue weighted by molar-refractivity contribution is 7.89. The number of rotatable bonds is 8. The maximum absolute atomic E-state index is 12.7. The van der Waals surface area contributed by atoms with Gasteiger partial charge in [-0.15, -0.1) is 0 Å². The molecule has 0 radical (unpaired) electrons. The normalized spacial score (nSPS) is 15.3. The number of nitrogens with zero attached hydrogens (tertiary/aromatic N) is 1. The number of anilines is 1. The van der Waals surface area contributed by atoms with Crippen molar-refractivity contribution < 1.29 is 32.2 Å². The Labute approximate surface area is 203 Å². The molecule has 4 rings (SSSR count). The number of ether oxygens (including phenoxy) is 3. The van der Waals surface area contributed by atoms with Crippen LogP contribution in [-0.4, -0.2) is 63.6 Å². The Morgan fingerprint density at radius 1 is 1.00 bits per heavy atom. The lowest BCUT2D eigenvalue weighted by atomic mass is 10.1. The molecule has 0 saturated carbocycles. The number of benzene rings is 3. The van der Waals surface area contributed by atoms with Crippen molar-refractivity contribution in [2.75, 3.05) is 38.2 Å². The van der Waals surface area contributed by atoms with Gasteiger partial charge in [-0.3, -0.25) is 4.79 Å². The predicted octanol–water partition coefficient (Wildman–Crippen LogP) is 2.81. The number of fused-ring (bicyclic) bond motifs is 1. The van der Waals surface area contributed by atoms with Crippen molar-refractivity contribution in [3.05, 3.63) is 66.7 Å². The van der Waals surface area contributed by atoms with Gasteiger partial charge in [-0.2, -0.15) is 4.31 Å². The lowest BCUT2D eigenvalue weighted by Crippen LogP contribution is -2.40. The zero-order chi connectivity index (χ0) is 24.8. The summed E-state index contributed by atoms with van der Waals surface area (Å²) < 4.78 is 42.8. The minimum atomic E-state index is -3.63. The number of hydrogen-bond donors (Lipinski definition) is 1. The molecule has 10 heteroatoms. The third-order valence-electron chi connectivity index (χ3n) is 5.50. The second-order valence-corrected chi connectivity index (χ2v) is 9.87. The summed E-state index contributed by atoms with van der Waals surface area (Å²) in [6.45, 7) is 2.41. The molecule has 1 N–H and O–H groups in total. The van der Waals surface area contributed by atoms with Crippen molar-refractivity contribution in [1.29, 1.82) is 0 Å². The summed E-state index contributed by atoms with van der Waals surface area (Å²) in [5.74, 6) is -0.691. The van der Waals surface area contributed by atoms with Crippen LogP contribution in [0.4, 0.5) is 5.69 Å². The first-order chi connectivity index (χ1) is 16.8. The van der Waals surface area contributed by atoms with Crippen LogP contribution in [-0.2, 0) is 29.1 Å². The van der Waals surface area contributed by atoms with Crippen LogP contribution in [0.2, 0.25) is 0 Å². The van der Waals surface area contributed by atoms with Crippen LogP contribution in [0.5, 0.6) is 5.75 Å². The van der Waals surface area contributed by atoms with Crippen LogP contribution in [0.3, 0.4) is 0 Å². The average Bonchev–Trinajstić information content (AvgIpc) is 2.88. The first kappa shape index (κ1) is 24.6. The Bertz CT molecular complexity index is 1300. The Morgan fingerprint density at radius 2 is 1.69 bits per heavy atom. The van der Waals surface area contributed by atoms with Gasteiger partial charge in [-0.1, -0.05) is 36.4 Å². The van der Waals surface area contributed by atoms with Crippen molar-refractivity contribution in [2.45, 2.75) is 17.9 Å². The molecular formula is C25H26N2O7S. The molecule has 3 aromatic carbocycles. The van der Waals surface area contributed by atoms with E-state index in [0.29, 0.717) is 37.7 Å². The highest BCUT2D eigenvalue weighted by atomic mass is 32.2. The van der Waals surface area contributed by atoms with Crippen LogP contribution in [0, 0.1) is 0 Å². The quantitative estimate of drug-likeness (QED) is 0.476. The summed E-state index contributed by atoms with van der Waals surface area (Å²) in [6, 6.07) is 19.0. The number of esters is 1. The van der Waals surface area contributed by atoms with Crippen molar-refractivity contribution in [3.8, 4) is 5.75 Å². The van der Waals surface area contributed by atoms with Crippen LogP contribution in [0.25, 0.3) is 10.8 Å². The average molecular weight is 499 g/mol. The fourth-order valence-corrected chi connectivity index (χ4v) is 5.04. The molecule has 1 fully saturated rings. The number of nitrogens with one attached hydrogen (secondary N) is 1. The molecule has 1 saturated heterocycles. The van der Waals surface area contributed by atoms with Gasteiger partial charge in [0, 0.05) is 24.2 Å². The Morgan fingerprint density at radius 3 is 2.43 bits per heavy atom. The van der Waals surface area contributed by atoms with Gasteiger partial charge >= 0.3 is 5.97 Å². The van der Waals surface area contributed by atoms with E-state index >= 15 is 0 Å². The number of carbonyl (C=O) groups excluding carboxylic acids is 2. The van der Waals surface area contributed by atoms with E-state index in [0.717, 1.165) is 10.8 Å². The van der Waals surface area contributed by atoms with Crippen LogP contribution >= 0.6 is 0 Å². The maximum Gasteiger partial charge on any atom is 0.344 e. The summed E-state index contributed by atoms with van der Waals surface area (Å²) in [7, 11) is -3.63. The molecule has 1 heterocycles. The van der Waals surface area contributed by atoms with Gasteiger partial charge in [0.15, 0.2) is 12.7 Å². The topological polar surface area (TPSA) is 111 Å². The fraction of sp³-hybridized carbons (Fsp3) is 0.280. The lowest BCUT2D eigenvalue weighted by molar-refractivity contribution is -0.155. The summed E-state index contributed by atoms with van der Waals surface area (Å²) >= 11 is 0. The number of amides is 1. The molecule has 3 aromatic rings. The van der Waals surface area contributed by atoms with E-state index in [-0.39, 0.29) is 11.5 Å². The summed E-state index contributed by atoms with van der Waals surface area (Å²) in [5, 5.41) is 4.47. The highest BCUT2D eigenvalue weighted by Gasteiger charge is 2.26. The van der Waals surface area contributed by atoms with E-state index < -0.39 is 28.0 Å². The van der Waals surface area contributed by atoms with Gasteiger partial charge in [-0.05, 0) is 42.6 Å². The van der Waals surface area contributed by atoms with Crippen molar-refractivity contribution in [1.82, 2.24) is 4.31 Å². The van der Waals surface area contributed by atoms with Crippen molar-refractivity contribution in [2.24, 2.45) is 0 Å². The molecule has 35 heavy (non-hydrogen) atoms. The highest BCUT2D eigenvalue weighted by Crippen LogP contribution is 2.25. The standard InChI is InChI=1S/C25H26N2O7S/c1-18(34-24(28)17-33-23-8-4-6-19-5-2-3-7-22(19)23)25(29)26-20-9-11-21(12-10-20)35(30,31)27-13-15-32-16-14-27/h2-12,18H,13-17H2,1H3,(H,26,29). The second kappa shape index (κ2) is 10.9. The molecule has 1 atom stereocenters. The molecule has 0 spiro atoms. The number of sulfonamides is 1. The Kier molecular flexibility index (Phi) is 7.64. The zero-order valence-electron chi connectivity index (χ0n) is 19.2. The third-order valence-corrected chi connectivity index (χ3v) is 7.42. The smallest absolute Gasteiger partial charge is 0.344 e. The molecule has 0 aromatic heterocycles. The van der Waals surface area contributed by atoms with E-state index in [2.05, 4.69) is 5.32 Å². The molecule has 1 unspecified atom stereocenters. The first-order valence-corrected chi connectivity index (χ1v) is 12.6. The van der Waals surface area contributed by atoms with Crippen LogP contribution < -0.4 is 10.1 Å². The molecule has 0 aliphatic carbocycles. The number of hydrogen-bond acceptors (Lipinski definition) is 7. The van der Waals surface area contributed by atoms with Gasteiger partial charge < -0.3 is 19.5 Å². The van der Waals surface area contributed by atoms with E-state index in [1.807, 2.05) is 36.4 Å². The molecule has 1 aliphatic rings. The minimum Gasteiger partial charge on any atom is -0.481 e. The van der Waals surface area contributed by atoms with Gasteiger partial charge in [0.05, 0.1) is 18.1 Å². The molecule has 1 aliphatic heterocycles. The van der Waals surface area contributed by atoms with E-state index in [4.69, 9.17) is 14.2 Å². The molecule has 0 bridgehead atoms. The Hall–Kier alpha value is -3.47. The van der Waals surface area contributed by atoms with Crippen molar-refractivity contribution in [3.63, 3.8) is 0 Å². The largest absolute Gasteiger partial charge is 0.481 e. The first-order valence-electron chi connectivity index (χ1n) is 11.1. The molecular weight excluding hydrogens is 472 g/mol. The van der Waals surface area contributed by atoms with Gasteiger partial charge in [0.1, 0.15) is 5.75 Å². The second-order valence-electron chi connectivity index (χ2n) is 7.93. The van der Waals surface area contributed by atoms with Crippen LogP contribution in [0.1, 0.15) is 6.92 Å². The van der Waals surface area contributed by atoms with Gasteiger partial charge in [-0.25, -0.2) is 13.2 Å². The maximum atomic E-state index is 12.7. The summed E-state index contributed by atoms with van der Waals surface area (Å²) in [6.07, 6.45) is -1.07. The lowest BCUT2D eigenvalue weighted by Gasteiger charge is -2.26. The predicted molar refractivity (Wildman–Crippen MR) is 130 cm³/mol. The number of carbonyl (C=O) groups is 2. The number of morpholine rings is 1. The van der Waals surface area contributed by atoms with E-state index in [1.54, 1.807) is 6.07 Å². The van der Waals surface area contributed by atoms with E-state index in [1.165, 1.54) is 35.5 Å². The fourth-order valence-electron chi connectivity index (χ4n) is 3.63. The zero-order valence-corrected chi connectivity index (χ0v) is 20.0. The molecule has 9 nitrogen and oxygen atoms in total. The molecule has 1 amide bonds.